The highest BCUT2D eigenvalue weighted by atomic mass is 16.4. The van der Waals surface area contributed by atoms with Crippen molar-refractivity contribution in [3.8, 4) is 0 Å². The van der Waals surface area contributed by atoms with Crippen LogP contribution in [0.2, 0.25) is 0 Å². The number of carbonyl (C=O) groups is 5. The predicted molar refractivity (Wildman–Crippen MR) is 103 cm³/mol. The maximum absolute atomic E-state index is 12.1. The molecule has 6 N–H and O–H groups in total. The third kappa shape index (κ3) is 7.33. The van der Waals surface area contributed by atoms with Crippen LogP contribution in [0.4, 0.5) is 0 Å². The van der Waals surface area contributed by atoms with Crippen LogP contribution < -0.4 is 21.7 Å². The first-order valence-corrected chi connectivity index (χ1v) is 9.71. The molecule has 1 fully saturated rings. The summed E-state index contributed by atoms with van der Waals surface area (Å²) in [6.45, 7) is 4.81. The highest BCUT2D eigenvalue weighted by Gasteiger charge is 2.33. The number of aliphatic carboxylic acids is 1. The molecule has 0 aromatic carbocycles. The maximum atomic E-state index is 12.1. The van der Waals surface area contributed by atoms with Crippen molar-refractivity contribution < 1.29 is 29.1 Å². The van der Waals surface area contributed by atoms with Crippen LogP contribution in [0.1, 0.15) is 40.0 Å². The van der Waals surface area contributed by atoms with E-state index in [1.807, 2.05) is 13.8 Å². The lowest BCUT2D eigenvalue weighted by Crippen LogP contribution is -2.53. The molecule has 1 aliphatic heterocycles. The molecule has 11 heteroatoms. The van der Waals surface area contributed by atoms with Crippen molar-refractivity contribution in [1.29, 1.82) is 0 Å². The summed E-state index contributed by atoms with van der Waals surface area (Å²) < 4.78 is 0. The van der Waals surface area contributed by atoms with Crippen molar-refractivity contribution in [3.63, 3.8) is 0 Å². The van der Waals surface area contributed by atoms with E-state index in [9.17, 15) is 24.0 Å². The molecule has 0 radical (unpaired) electrons. The number of hydrogen-bond acceptors (Lipinski definition) is 6. The van der Waals surface area contributed by atoms with Crippen molar-refractivity contribution in [2.75, 3.05) is 19.6 Å². The summed E-state index contributed by atoms with van der Waals surface area (Å²) in [5, 5.41) is 16.3. The molecule has 4 atom stereocenters. The van der Waals surface area contributed by atoms with E-state index in [1.165, 1.54) is 11.8 Å². The first-order valence-electron chi connectivity index (χ1n) is 9.71. The first kappa shape index (κ1) is 24.3. The molecule has 1 rings (SSSR count). The fourth-order valence-corrected chi connectivity index (χ4v) is 2.87. The Kier molecular flexibility index (Phi) is 9.53. The summed E-state index contributed by atoms with van der Waals surface area (Å²) in [6.07, 6.45) is 1.70. The Balaban J connectivity index is 2.36. The van der Waals surface area contributed by atoms with Crippen LogP contribution in [0, 0.1) is 5.92 Å². The summed E-state index contributed by atoms with van der Waals surface area (Å²) in [6, 6.07) is -2.48. The molecule has 1 heterocycles. The molecule has 1 aliphatic rings. The minimum Gasteiger partial charge on any atom is -0.480 e. The van der Waals surface area contributed by atoms with Gasteiger partial charge in [-0.05, 0) is 25.7 Å². The topological polar surface area (TPSA) is 171 Å². The average molecular weight is 413 g/mol. The molecule has 164 valence electrons. The molecule has 0 aliphatic carbocycles. The molecule has 0 bridgehead atoms. The predicted octanol–water partition coefficient (Wildman–Crippen LogP) is -1.83. The smallest absolute Gasteiger partial charge is 0.326 e. The molecular weight excluding hydrogens is 382 g/mol. The molecule has 11 nitrogen and oxygen atoms in total. The van der Waals surface area contributed by atoms with E-state index in [0.717, 1.165) is 6.42 Å². The third-order valence-electron chi connectivity index (χ3n) is 5.03. The van der Waals surface area contributed by atoms with Gasteiger partial charge in [-0.3, -0.25) is 19.2 Å². The van der Waals surface area contributed by atoms with Gasteiger partial charge in [0.2, 0.25) is 23.6 Å². The number of nitrogens with zero attached hydrogens (tertiary/aromatic N) is 1. The number of rotatable bonds is 10. The number of carboxylic acid groups (broad SMARTS) is 1. The van der Waals surface area contributed by atoms with Gasteiger partial charge in [0.1, 0.15) is 12.1 Å². The van der Waals surface area contributed by atoms with Crippen molar-refractivity contribution in [1.82, 2.24) is 20.9 Å². The molecule has 4 amide bonds. The van der Waals surface area contributed by atoms with Crippen LogP contribution >= 0.6 is 0 Å². The van der Waals surface area contributed by atoms with Gasteiger partial charge in [0, 0.05) is 6.54 Å². The van der Waals surface area contributed by atoms with Crippen molar-refractivity contribution in [2.24, 2.45) is 11.7 Å². The van der Waals surface area contributed by atoms with E-state index in [1.54, 1.807) is 0 Å². The minimum absolute atomic E-state index is 0.0371. The standard InChI is InChI=1S/C18H31N5O6/c1-4-10(2)15(19)17(27)22-11(3)16(26)21-8-13(24)20-9-14(25)23-7-5-6-12(23)18(28)29/h10-12,15H,4-9,19H2,1-3H3,(H,20,24)(H,21,26)(H,22,27)(H,28,29)/t10-,11-,12-,15-/m0/s1. The monoisotopic (exact) mass is 413 g/mol. The molecule has 0 spiro atoms. The van der Waals surface area contributed by atoms with E-state index < -0.39 is 47.7 Å². The van der Waals surface area contributed by atoms with E-state index in [2.05, 4.69) is 16.0 Å². The van der Waals surface area contributed by atoms with Crippen LogP contribution in [0.15, 0.2) is 0 Å². The molecule has 0 aromatic rings. The number of carbonyl (C=O) groups excluding carboxylic acids is 4. The largest absolute Gasteiger partial charge is 0.480 e. The fraction of sp³-hybridized carbons (Fsp3) is 0.722. The SMILES string of the molecule is CC[C@H](C)[C@H](N)C(=O)N[C@@H](C)C(=O)NCC(=O)NCC(=O)N1CCC[C@H]1C(=O)O. The Morgan fingerprint density at radius 1 is 1.10 bits per heavy atom. The van der Waals surface area contributed by atoms with Crippen LogP contribution in [0.25, 0.3) is 0 Å². The molecule has 0 saturated carbocycles. The number of nitrogens with one attached hydrogen (secondary N) is 3. The molecule has 0 aromatic heterocycles. The number of nitrogens with two attached hydrogens (primary N) is 1. The molecular formula is C18H31N5O6. The lowest BCUT2D eigenvalue weighted by atomic mass is 9.99. The number of hydrogen-bond donors (Lipinski definition) is 5. The van der Waals surface area contributed by atoms with Crippen molar-refractivity contribution in [2.45, 2.75) is 58.2 Å². The Hall–Kier alpha value is -2.69. The average Bonchev–Trinajstić information content (AvgIpc) is 3.19. The number of carboxylic acids is 1. The fourth-order valence-electron chi connectivity index (χ4n) is 2.87. The highest BCUT2D eigenvalue weighted by Crippen LogP contribution is 2.17. The Labute approximate surface area is 169 Å². The second-order valence-corrected chi connectivity index (χ2v) is 7.22. The maximum Gasteiger partial charge on any atom is 0.326 e. The molecule has 1 saturated heterocycles. The minimum atomic E-state index is -1.07. The van der Waals surface area contributed by atoms with Gasteiger partial charge in [0.15, 0.2) is 0 Å². The summed E-state index contributed by atoms with van der Waals surface area (Å²) in [5.41, 5.74) is 5.81. The van der Waals surface area contributed by atoms with Gasteiger partial charge in [-0.15, -0.1) is 0 Å². The summed E-state index contributed by atoms with van der Waals surface area (Å²) >= 11 is 0. The zero-order valence-electron chi connectivity index (χ0n) is 17.1. The van der Waals surface area contributed by atoms with Crippen LogP contribution in [-0.4, -0.2) is 77.4 Å². The Morgan fingerprint density at radius 2 is 1.76 bits per heavy atom. The van der Waals surface area contributed by atoms with Crippen LogP contribution in [0.3, 0.4) is 0 Å². The van der Waals surface area contributed by atoms with E-state index >= 15 is 0 Å². The van der Waals surface area contributed by atoms with E-state index in [4.69, 9.17) is 10.8 Å². The summed E-state index contributed by atoms with van der Waals surface area (Å²) in [5.74, 6) is -3.22. The summed E-state index contributed by atoms with van der Waals surface area (Å²) in [4.78, 5) is 60.3. The van der Waals surface area contributed by atoms with E-state index in [0.29, 0.717) is 19.4 Å². The highest BCUT2D eigenvalue weighted by molar-refractivity contribution is 5.93. The van der Waals surface area contributed by atoms with Gasteiger partial charge in [0.05, 0.1) is 19.1 Å². The second-order valence-electron chi connectivity index (χ2n) is 7.22. The number of likely N-dealkylation sites (tertiary alicyclic amines) is 1. The second kappa shape index (κ2) is 11.3. The van der Waals surface area contributed by atoms with Gasteiger partial charge in [-0.1, -0.05) is 20.3 Å². The van der Waals surface area contributed by atoms with Gasteiger partial charge in [-0.25, -0.2) is 4.79 Å². The Bertz CT molecular complexity index is 640. The first-order chi connectivity index (χ1) is 13.6. The third-order valence-corrected chi connectivity index (χ3v) is 5.03. The van der Waals surface area contributed by atoms with Gasteiger partial charge in [0.25, 0.3) is 0 Å². The van der Waals surface area contributed by atoms with Crippen LogP contribution in [0.5, 0.6) is 0 Å². The zero-order chi connectivity index (χ0) is 22.1. The number of amides is 4. The zero-order valence-corrected chi connectivity index (χ0v) is 17.1. The van der Waals surface area contributed by atoms with Crippen molar-refractivity contribution >= 4 is 29.6 Å². The van der Waals surface area contributed by atoms with Crippen LogP contribution in [-0.2, 0) is 24.0 Å². The normalized spacial score (nSPS) is 19.0. The van der Waals surface area contributed by atoms with Crippen molar-refractivity contribution in [3.05, 3.63) is 0 Å². The van der Waals surface area contributed by atoms with Gasteiger partial charge < -0.3 is 31.7 Å². The Morgan fingerprint density at radius 3 is 2.34 bits per heavy atom. The molecule has 29 heavy (non-hydrogen) atoms. The van der Waals surface area contributed by atoms with Gasteiger partial charge in [-0.2, -0.15) is 0 Å². The summed E-state index contributed by atoms with van der Waals surface area (Å²) in [7, 11) is 0. The quantitative estimate of drug-likeness (QED) is 0.280. The van der Waals surface area contributed by atoms with Gasteiger partial charge >= 0.3 is 5.97 Å². The lowest BCUT2D eigenvalue weighted by Gasteiger charge is -2.22. The lowest BCUT2D eigenvalue weighted by molar-refractivity contribution is -0.148. The van der Waals surface area contributed by atoms with E-state index in [-0.39, 0.29) is 19.0 Å². The molecule has 0 unspecified atom stereocenters.